The number of rotatable bonds is 6. The van der Waals surface area contributed by atoms with Crippen molar-refractivity contribution < 1.29 is 14.7 Å². The molecule has 0 aliphatic rings. The Bertz CT molecular complexity index is 426. The molecule has 0 saturated heterocycles. The predicted octanol–water partition coefficient (Wildman–Crippen LogP) is 2.53. The van der Waals surface area contributed by atoms with Gasteiger partial charge in [0.05, 0.1) is 10.8 Å². The Balaban J connectivity index is 2.55. The highest BCUT2D eigenvalue weighted by molar-refractivity contribution is 7.12. The minimum absolute atomic E-state index is 0.183. The summed E-state index contributed by atoms with van der Waals surface area (Å²) in [5.41, 5.74) is 0.924. The molecule has 1 rings (SSSR count). The SMILES string of the molecule is Cc1ccsc1C(=O)NCC(CC(C)C)C(=O)O. The summed E-state index contributed by atoms with van der Waals surface area (Å²) in [4.78, 5) is 23.6. The highest BCUT2D eigenvalue weighted by Gasteiger charge is 2.20. The van der Waals surface area contributed by atoms with Crippen LogP contribution in [0.2, 0.25) is 0 Å². The molecule has 0 fully saturated rings. The number of carboxylic acids is 1. The second-order valence-electron chi connectivity index (χ2n) is 4.81. The van der Waals surface area contributed by atoms with Crippen molar-refractivity contribution in [3.8, 4) is 0 Å². The lowest BCUT2D eigenvalue weighted by atomic mass is 9.97. The monoisotopic (exact) mass is 269 g/mol. The zero-order valence-electron chi connectivity index (χ0n) is 10.9. The minimum atomic E-state index is -0.855. The van der Waals surface area contributed by atoms with Crippen LogP contribution < -0.4 is 5.32 Å². The summed E-state index contributed by atoms with van der Waals surface area (Å²) in [6.07, 6.45) is 0.568. The van der Waals surface area contributed by atoms with Crippen LogP contribution in [0.3, 0.4) is 0 Å². The molecule has 1 aromatic rings. The first-order valence-electron chi connectivity index (χ1n) is 5.97. The maximum atomic E-state index is 11.8. The molecule has 5 heteroatoms. The van der Waals surface area contributed by atoms with E-state index in [4.69, 9.17) is 5.11 Å². The molecule has 4 nitrogen and oxygen atoms in total. The Morgan fingerprint density at radius 3 is 2.56 bits per heavy atom. The number of hydrogen-bond donors (Lipinski definition) is 2. The van der Waals surface area contributed by atoms with E-state index in [1.54, 1.807) is 0 Å². The molecule has 0 radical (unpaired) electrons. The van der Waals surface area contributed by atoms with Crippen molar-refractivity contribution in [2.24, 2.45) is 11.8 Å². The number of amides is 1. The Kier molecular flexibility index (Phi) is 5.34. The van der Waals surface area contributed by atoms with E-state index >= 15 is 0 Å². The van der Waals surface area contributed by atoms with Crippen molar-refractivity contribution >= 4 is 23.2 Å². The maximum absolute atomic E-state index is 11.8. The van der Waals surface area contributed by atoms with Crippen LogP contribution in [-0.2, 0) is 4.79 Å². The van der Waals surface area contributed by atoms with Crippen molar-refractivity contribution in [3.63, 3.8) is 0 Å². The number of carbonyl (C=O) groups is 2. The van der Waals surface area contributed by atoms with Gasteiger partial charge < -0.3 is 10.4 Å². The van der Waals surface area contributed by atoms with Gasteiger partial charge in [0, 0.05) is 6.54 Å². The second kappa shape index (κ2) is 6.54. The van der Waals surface area contributed by atoms with Crippen LogP contribution in [0.15, 0.2) is 11.4 Å². The average Bonchev–Trinajstić information content (AvgIpc) is 2.69. The van der Waals surface area contributed by atoms with E-state index in [-0.39, 0.29) is 12.5 Å². The first-order valence-corrected chi connectivity index (χ1v) is 6.85. The fourth-order valence-corrected chi connectivity index (χ4v) is 2.58. The molecule has 0 saturated carbocycles. The molecule has 0 aliphatic carbocycles. The molecule has 2 N–H and O–H groups in total. The van der Waals surface area contributed by atoms with Gasteiger partial charge >= 0.3 is 5.97 Å². The van der Waals surface area contributed by atoms with Gasteiger partial charge in [0.2, 0.25) is 0 Å². The van der Waals surface area contributed by atoms with Gasteiger partial charge in [-0.25, -0.2) is 0 Å². The van der Waals surface area contributed by atoms with Crippen LogP contribution in [0.5, 0.6) is 0 Å². The fourth-order valence-electron chi connectivity index (χ4n) is 1.74. The third kappa shape index (κ3) is 4.14. The van der Waals surface area contributed by atoms with Crippen LogP contribution in [0.25, 0.3) is 0 Å². The van der Waals surface area contributed by atoms with Crippen molar-refractivity contribution in [1.82, 2.24) is 5.32 Å². The summed E-state index contributed by atoms with van der Waals surface area (Å²) in [5, 5.41) is 13.6. The number of nitrogens with one attached hydrogen (secondary N) is 1. The van der Waals surface area contributed by atoms with Crippen molar-refractivity contribution in [2.75, 3.05) is 6.54 Å². The summed E-state index contributed by atoms with van der Waals surface area (Å²) in [6, 6.07) is 1.88. The van der Waals surface area contributed by atoms with Gasteiger partial charge in [-0.3, -0.25) is 9.59 Å². The van der Waals surface area contributed by atoms with E-state index in [0.717, 1.165) is 5.56 Å². The van der Waals surface area contributed by atoms with E-state index in [9.17, 15) is 9.59 Å². The molecule has 1 atom stereocenters. The van der Waals surface area contributed by atoms with E-state index in [2.05, 4.69) is 5.32 Å². The Morgan fingerprint density at radius 1 is 1.44 bits per heavy atom. The molecule has 1 aromatic heterocycles. The number of aliphatic carboxylic acids is 1. The smallest absolute Gasteiger partial charge is 0.308 e. The van der Waals surface area contributed by atoms with Gasteiger partial charge in [0.25, 0.3) is 5.91 Å². The lowest BCUT2D eigenvalue weighted by Crippen LogP contribution is -2.33. The zero-order chi connectivity index (χ0) is 13.7. The molecule has 100 valence electrons. The summed E-state index contributed by atoms with van der Waals surface area (Å²) in [6.45, 7) is 6.00. The number of carbonyl (C=O) groups excluding carboxylic acids is 1. The van der Waals surface area contributed by atoms with Crippen molar-refractivity contribution in [3.05, 3.63) is 21.9 Å². The fraction of sp³-hybridized carbons (Fsp3) is 0.538. The highest BCUT2D eigenvalue weighted by Crippen LogP contribution is 2.16. The largest absolute Gasteiger partial charge is 0.481 e. The second-order valence-corrected chi connectivity index (χ2v) is 5.72. The number of hydrogen-bond acceptors (Lipinski definition) is 3. The van der Waals surface area contributed by atoms with Gasteiger partial charge in [0.1, 0.15) is 0 Å². The standard InChI is InChI=1S/C13H19NO3S/c1-8(2)6-10(13(16)17)7-14-12(15)11-9(3)4-5-18-11/h4-5,8,10H,6-7H2,1-3H3,(H,14,15)(H,16,17). The zero-order valence-corrected chi connectivity index (χ0v) is 11.7. The van der Waals surface area contributed by atoms with E-state index in [0.29, 0.717) is 17.2 Å². The van der Waals surface area contributed by atoms with Crippen LogP contribution in [0.4, 0.5) is 0 Å². The maximum Gasteiger partial charge on any atom is 0.308 e. The molecule has 0 spiro atoms. The number of aryl methyl sites for hydroxylation is 1. The summed E-state index contributed by atoms with van der Waals surface area (Å²) < 4.78 is 0. The Labute approximate surface area is 111 Å². The first kappa shape index (κ1) is 14.7. The lowest BCUT2D eigenvalue weighted by molar-refractivity contribution is -0.142. The van der Waals surface area contributed by atoms with E-state index < -0.39 is 11.9 Å². The molecule has 1 amide bonds. The summed E-state index contributed by atoms with van der Waals surface area (Å²) >= 11 is 1.37. The topological polar surface area (TPSA) is 66.4 Å². The Morgan fingerprint density at radius 2 is 2.11 bits per heavy atom. The molecule has 1 unspecified atom stereocenters. The van der Waals surface area contributed by atoms with Crippen molar-refractivity contribution in [1.29, 1.82) is 0 Å². The van der Waals surface area contributed by atoms with Crippen LogP contribution in [0, 0.1) is 18.8 Å². The normalized spacial score (nSPS) is 12.4. The summed E-state index contributed by atoms with van der Waals surface area (Å²) in [7, 11) is 0. The molecular formula is C13H19NO3S. The van der Waals surface area contributed by atoms with Crippen molar-refractivity contribution in [2.45, 2.75) is 27.2 Å². The van der Waals surface area contributed by atoms with Gasteiger partial charge in [-0.15, -0.1) is 11.3 Å². The van der Waals surface area contributed by atoms with E-state index in [1.165, 1.54) is 11.3 Å². The lowest BCUT2D eigenvalue weighted by Gasteiger charge is -2.15. The van der Waals surface area contributed by atoms with Crippen LogP contribution >= 0.6 is 11.3 Å². The van der Waals surface area contributed by atoms with Gasteiger partial charge in [-0.1, -0.05) is 13.8 Å². The molecule has 0 aliphatic heterocycles. The van der Waals surface area contributed by atoms with Crippen LogP contribution in [0.1, 0.15) is 35.5 Å². The number of carboxylic acid groups (broad SMARTS) is 1. The van der Waals surface area contributed by atoms with Crippen LogP contribution in [-0.4, -0.2) is 23.5 Å². The van der Waals surface area contributed by atoms with Gasteiger partial charge in [0.15, 0.2) is 0 Å². The quantitative estimate of drug-likeness (QED) is 0.834. The number of thiophene rings is 1. The molecule has 18 heavy (non-hydrogen) atoms. The summed E-state index contributed by atoms with van der Waals surface area (Å²) in [5.74, 6) is -1.26. The van der Waals surface area contributed by atoms with E-state index in [1.807, 2.05) is 32.2 Å². The third-order valence-corrected chi connectivity index (χ3v) is 3.70. The predicted molar refractivity (Wildman–Crippen MR) is 72.0 cm³/mol. The molecule has 0 bridgehead atoms. The highest BCUT2D eigenvalue weighted by atomic mass is 32.1. The molecule has 1 heterocycles. The minimum Gasteiger partial charge on any atom is -0.481 e. The first-order chi connectivity index (χ1) is 8.41. The average molecular weight is 269 g/mol. The van der Waals surface area contributed by atoms with Gasteiger partial charge in [-0.05, 0) is 36.3 Å². The van der Waals surface area contributed by atoms with Gasteiger partial charge in [-0.2, -0.15) is 0 Å². The Hall–Kier alpha value is -1.36. The molecular weight excluding hydrogens is 250 g/mol. The third-order valence-electron chi connectivity index (χ3n) is 2.68. The molecule has 0 aromatic carbocycles.